The van der Waals surface area contributed by atoms with E-state index in [4.69, 9.17) is 4.98 Å². The summed E-state index contributed by atoms with van der Waals surface area (Å²) in [5, 5.41) is 12.8. The number of nitrogens with zero attached hydrogens (tertiary/aromatic N) is 2. The van der Waals surface area contributed by atoms with E-state index >= 15 is 0 Å². The Morgan fingerprint density at radius 1 is 1.56 bits per heavy atom. The molecule has 3 nitrogen and oxygen atoms in total. The van der Waals surface area contributed by atoms with E-state index in [1.807, 2.05) is 0 Å². The third-order valence-corrected chi connectivity index (χ3v) is 4.57. The van der Waals surface area contributed by atoms with Gasteiger partial charge in [0.2, 0.25) is 0 Å². The molecule has 0 saturated carbocycles. The van der Waals surface area contributed by atoms with E-state index in [9.17, 15) is 5.11 Å². The Bertz CT molecular complexity index is 364. The lowest BCUT2D eigenvalue weighted by Gasteiger charge is -2.21. The Morgan fingerprint density at radius 3 is 3.11 bits per heavy atom. The zero-order valence-corrected chi connectivity index (χ0v) is 12.2. The minimum atomic E-state index is 0.282. The maximum atomic E-state index is 9.31. The highest BCUT2D eigenvalue weighted by atomic mass is 32.1. The molecule has 0 radical (unpaired) electrons. The number of aryl methyl sites for hydroxylation is 1. The van der Waals surface area contributed by atoms with Gasteiger partial charge in [0.05, 0.1) is 17.3 Å². The average molecular weight is 268 g/mol. The number of likely N-dealkylation sites (tertiary alicyclic amines) is 1. The quantitative estimate of drug-likeness (QED) is 0.862. The van der Waals surface area contributed by atoms with Crippen LogP contribution in [0.3, 0.4) is 0 Å². The lowest BCUT2D eigenvalue weighted by molar-refractivity contribution is 0.152. The van der Waals surface area contributed by atoms with Crippen LogP contribution in [0, 0.1) is 5.92 Å². The zero-order valence-electron chi connectivity index (χ0n) is 11.4. The highest BCUT2D eigenvalue weighted by molar-refractivity contribution is 7.09. The smallest absolute Gasteiger partial charge is 0.0928 e. The monoisotopic (exact) mass is 268 g/mol. The van der Waals surface area contributed by atoms with Crippen LogP contribution in [0.5, 0.6) is 0 Å². The first-order valence-electron chi connectivity index (χ1n) is 6.97. The van der Waals surface area contributed by atoms with Crippen molar-refractivity contribution in [3.8, 4) is 0 Å². The molecule has 0 spiro atoms. The third-order valence-electron chi connectivity index (χ3n) is 3.61. The van der Waals surface area contributed by atoms with Gasteiger partial charge in [0.1, 0.15) is 0 Å². The van der Waals surface area contributed by atoms with Gasteiger partial charge in [0.25, 0.3) is 0 Å². The third kappa shape index (κ3) is 3.77. The number of rotatable bonds is 6. The highest BCUT2D eigenvalue weighted by Crippen LogP contribution is 2.21. The molecule has 102 valence electrons. The Morgan fingerprint density at radius 2 is 2.39 bits per heavy atom. The molecule has 0 aliphatic carbocycles. The summed E-state index contributed by atoms with van der Waals surface area (Å²) in [6, 6.07) is 0.353. The van der Waals surface area contributed by atoms with Crippen LogP contribution in [-0.2, 0) is 13.0 Å². The summed E-state index contributed by atoms with van der Waals surface area (Å²) in [5.41, 5.74) is 1.18. The first-order chi connectivity index (χ1) is 8.69. The molecule has 1 atom stereocenters. The van der Waals surface area contributed by atoms with E-state index in [-0.39, 0.29) is 6.61 Å². The fourth-order valence-corrected chi connectivity index (χ4v) is 3.27. The minimum Gasteiger partial charge on any atom is -0.395 e. The second kappa shape index (κ2) is 6.64. The van der Waals surface area contributed by atoms with Crippen molar-refractivity contribution in [2.24, 2.45) is 5.92 Å². The molecule has 2 heterocycles. The minimum absolute atomic E-state index is 0.282. The largest absolute Gasteiger partial charge is 0.395 e. The fraction of sp³-hybridized carbons (Fsp3) is 0.786. The molecule has 0 aromatic carbocycles. The average Bonchev–Trinajstić information content (AvgIpc) is 2.96. The molecule has 1 fully saturated rings. The van der Waals surface area contributed by atoms with Crippen LogP contribution in [0.2, 0.25) is 0 Å². The Balaban J connectivity index is 1.86. The predicted octanol–water partition coefficient (Wildman–Crippen LogP) is 2.69. The van der Waals surface area contributed by atoms with Crippen molar-refractivity contribution in [3.05, 3.63) is 16.1 Å². The molecule has 1 aliphatic rings. The van der Waals surface area contributed by atoms with Crippen LogP contribution in [0.1, 0.15) is 43.8 Å². The van der Waals surface area contributed by atoms with Gasteiger partial charge in [-0.3, -0.25) is 4.90 Å². The molecule has 1 saturated heterocycles. The van der Waals surface area contributed by atoms with E-state index < -0.39 is 0 Å². The standard InChI is InChI=1S/C14H24N2OS/c1-11(2)5-6-14-15-12(10-18-14)8-16-7-3-4-13(16)9-17/h10-11,13,17H,3-9H2,1-2H3. The van der Waals surface area contributed by atoms with E-state index in [2.05, 4.69) is 24.1 Å². The number of hydrogen-bond donors (Lipinski definition) is 1. The maximum Gasteiger partial charge on any atom is 0.0928 e. The molecule has 18 heavy (non-hydrogen) atoms. The first-order valence-corrected chi connectivity index (χ1v) is 7.85. The van der Waals surface area contributed by atoms with Crippen LogP contribution < -0.4 is 0 Å². The molecule has 1 unspecified atom stereocenters. The second-order valence-electron chi connectivity index (χ2n) is 5.61. The van der Waals surface area contributed by atoms with Gasteiger partial charge in [0, 0.05) is 18.0 Å². The van der Waals surface area contributed by atoms with Crippen LogP contribution in [0.25, 0.3) is 0 Å². The molecule has 1 aromatic heterocycles. The molecule has 0 amide bonds. The SMILES string of the molecule is CC(C)CCc1nc(CN2CCCC2CO)cs1. The number of aliphatic hydroxyl groups excluding tert-OH is 1. The van der Waals surface area contributed by atoms with Crippen molar-refractivity contribution >= 4 is 11.3 Å². The molecule has 1 aromatic rings. The van der Waals surface area contributed by atoms with Crippen LogP contribution in [0.15, 0.2) is 5.38 Å². The van der Waals surface area contributed by atoms with Gasteiger partial charge in [-0.15, -0.1) is 11.3 Å². The van der Waals surface area contributed by atoms with Crippen LogP contribution in [-0.4, -0.2) is 34.2 Å². The van der Waals surface area contributed by atoms with Crippen molar-refractivity contribution in [2.45, 2.75) is 52.1 Å². The van der Waals surface area contributed by atoms with E-state index in [1.54, 1.807) is 11.3 Å². The van der Waals surface area contributed by atoms with Gasteiger partial charge in [-0.25, -0.2) is 4.98 Å². The van der Waals surface area contributed by atoms with Gasteiger partial charge in [0.15, 0.2) is 0 Å². The molecule has 1 N–H and O–H groups in total. The summed E-state index contributed by atoms with van der Waals surface area (Å²) in [4.78, 5) is 7.07. The second-order valence-corrected chi connectivity index (χ2v) is 6.56. The van der Waals surface area contributed by atoms with E-state index in [0.29, 0.717) is 6.04 Å². The Hall–Kier alpha value is -0.450. The topological polar surface area (TPSA) is 36.4 Å². The molecular formula is C14H24N2OS. The summed E-state index contributed by atoms with van der Waals surface area (Å²) in [7, 11) is 0. The van der Waals surface area contributed by atoms with Crippen LogP contribution in [0.4, 0.5) is 0 Å². The Labute approximate surface area is 114 Å². The van der Waals surface area contributed by atoms with Crippen molar-refractivity contribution in [2.75, 3.05) is 13.2 Å². The summed E-state index contributed by atoms with van der Waals surface area (Å²) in [6.45, 7) is 6.80. The van der Waals surface area contributed by atoms with Crippen LogP contribution >= 0.6 is 11.3 Å². The number of aliphatic hydroxyl groups is 1. The maximum absolute atomic E-state index is 9.31. The van der Waals surface area contributed by atoms with Gasteiger partial charge < -0.3 is 5.11 Å². The molecule has 0 bridgehead atoms. The summed E-state index contributed by atoms with van der Waals surface area (Å²) in [6.07, 6.45) is 4.65. The van der Waals surface area contributed by atoms with Gasteiger partial charge in [-0.05, 0) is 38.1 Å². The highest BCUT2D eigenvalue weighted by Gasteiger charge is 2.24. The molecule has 1 aliphatic heterocycles. The zero-order chi connectivity index (χ0) is 13.0. The lowest BCUT2D eigenvalue weighted by Crippen LogP contribution is -2.31. The van der Waals surface area contributed by atoms with Crippen molar-refractivity contribution in [1.29, 1.82) is 0 Å². The summed E-state index contributed by atoms with van der Waals surface area (Å²) in [5.74, 6) is 0.745. The molecule has 4 heteroatoms. The normalized spacial score (nSPS) is 21.0. The summed E-state index contributed by atoms with van der Waals surface area (Å²) >= 11 is 1.78. The Kier molecular flexibility index (Phi) is 5.15. The van der Waals surface area contributed by atoms with Crippen molar-refractivity contribution in [3.63, 3.8) is 0 Å². The van der Waals surface area contributed by atoms with Gasteiger partial charge in [-0.1, -0.05) is 13.8 Å². The number of hydrogen-bond acceptors (Lipinski definition) is 4. The molecular weight excluding hydrogens is 244 g/mol. The van der Waals surface area contributed by atoms with Crippen molar-refractivity contribution in [1.82, 2.24) is 9.88 Å². The molecule has 2 rings (SSSR count). The summed E-state index contributed by atoms with van der Waals surface area (Å²) < 4.78 is 0. The van der Waals surface area contributed by atoms with Gasteiger partial charge >= 0.3 is 0 Å². The van der Waals surface area contributed by atoms with E-state index in [0.717, 1.165) is 31.8 Å². The fourth-order valence-electron chi connectivity index (χ4n) is 2.47. The lowest BCUT2D eigenvalue weighted by atomic mass is 10.1. The number of aromatic nitrogens is 1. The van der Waals surface area contributed by atoms with E-state index in [1.165, 1.54) is 23.5 Å². The van der Waals surface area contributed by atoms with Crippen molar-refractivity contribution < 1.29 is 5.11 Å². The van der Waals surface area contributed by atoms with Gasteiger partial charge in [-0.2, -0.15) is 0 Å². The number of thiazole rings is 1. The predicted molar refractivity (Wildman–Crippen MR) is 75.8 cm³/mol. The first kappa shape index (κ1) is 14.0.